The van der Waals surface area contributed by atoms with E-state index < -0.39 is 41.0 Å². The van der Waals surface area contributed by atoms with Crippen molar-refractivity contribution in [2.45, 2.75) is 123 Å². The van der Waals surface area contributed by atoms with E-state index in [1.807, 2.05) is 115 Å². The minimum Gasteiger partial charge on any atom is -0.350 e. The van der Waals surface area contributed by atoms with Crippen LogP contribution in [0.25, 0.3) is 0 Å². The Bertz CT molecular complexity index is 1680. The Morgan fingerprint density at radius 3 is 1.96 bits per heavy atom. The Balaban J connectivity index is 1.48. The van der Waals surface area contributed by atoms with Crippen molar-refractivity contribution in [1.82, 2.24) is 30.7 Å². The zero-order valence-corrected chi connectivity index (χ0v) is 34.6. The molecule has 2 aliphatic rings. The van der Waals surface area contributed by atoms with Crippen LogP contribution >= 0.6 is 0 Å². The first kappa shape index (κ1) is 43.2. The van der Waals surface area contributed by atoms with Crippen LogP contribution < -0.4 is 16.0 Å². The Kier molecular flexibility index (Phi) is 14.5. The highest BCUT2D eigenvalue weighted by atomic mass is 16.2. The van der Waals surface area contributed by atoms with Crippen molar-refractivity contribution in [3.63, 3.8) is 0 Å². The lowest BCUT2D eigenvalue weighted by molar-refractivity contribution is -0.145. The molecule has 2 aromatic rings. The molecule has 11 heteroatoms. The van der Waals surface area contributed by atoms with Crippen molar-refractivity contribution in [1.29, 1.82) is 0 Å². The fourth-order valence-corrected chi connectivity index (χ4v) is 8.05. The summed E-state index contributed by atoms with van der Waals surface area (Å²) in [5.74, 6) is -1.23. The number of carbonyl (C=O) groups excluding carboxylic acids is 5. The van der Waals surface area contributed by atoms with Crippen molar-refractivity contribution in [3.8, 4) is 0 Å². The molecule has 2 aromatic carbocycles. The van der Waals surface area contributed by atoms with E-state index in [1.54, 1.807) is 35.7 Å². The number of nitrogens with one attached hydrogen (secondary N) is 3. The molecule has 0 aliphatic carbocycles. The summed E-state index contributed by atoms with van der Waals surface area (Å²) in [6.07, 6.45) is 4.33. The maximum absolute atomic E-state index is 14.4. The maximum atomic E-state index is 14.4. The van der Waals surface area contributed by atoms with Crippen LogP contribution in [0.4, 0.5) is 0 Å². The van der Waals surface area contributed by atoms with E-state index in [0.717, 1.165) is 17.5 Å². The number of benzene rings is 2. The van der Waals surface area contributed by atoms with Gasteiger partial charge in [0.05, 0.1) is 12.1 Å². The van der Waals surface area contributed by atoms with Gasteiger partial charge < -0.3 is 30.7 Å². The average Bonchev–Trinajstić information content (AvgIpc) is 3.85. The largest absolute Gasteiger partial charge is 0.350 e. The molecule has 55 heavy (non-hydrogen) atoms. The molecule has 0 saturated carbocycles. The molecule has 0 unspecified atom stereocenters. The Morgan fingerprint density at radius 1 is 0.836 bits per heavy atom. The molecule has 3 N–H and O–H groups in total. The minimum absolute atomic E-state index is 0.0640. The molecule has 0 bridgehead atoms. The van der Waals surface area contributed by atoms with E-state index in [1.165, 1.54) is 0 Å². The molecule has 5 atom stereocenters. The van der Waals surface area contributed by atoms with Gasteiger partial charge in [-0.25, -0.2) is 0 Å². The summed E-state index contributed by atoms with van der Waals surface area (Å²) in [4.78, 5) is 74.6. The van der Waals surface area contributed by atoms with E-state index >= 15 is 0 Å². The van der Waals surface area contributed by atoms with Crippen molar-refractivity contribution < 1.29 is 24.0 Å². The van der Waals surface area contributed by atoms with Gasteiger partial charge in [-0.15, -0.1) is 0 Å². The van der Waals surface area contributed by atoms with Crippen molar-refractivity contribution in [2.75, 3.05) is 27.2 Å². The number of carbonyl (C=O) groups is 5. The van der Waals surface area contributed by atoms with Gasteiger partial charge in [-0.05, 0) is 62.1 Å². The molecule has 5 amide bonds. The van der Waals surface area contributed by atoms with Crippen LogP contribution in [0.3, 0.4) is 0 Å². The summed E-state index contributed by atoms with van der Waals surface area (Å²) >= 11 is 0. The lowest BCUT2D eigenvalue weighted by Gasteiger charge is -2.40. The molecule has 2 saturated heterocycles. The molecule has 4 rings (SSSR count). The van der Waals surface area contributed by atoms with E-state index in [2.05, 4.69) is 16.0 Å². The highest BCUT2D eigenvalue weighted by molar-refractivity contribution is 5.98. The third kappa shape index (κ3) is 10.2. The van der Waals surface area contributed by atoms with E-state index in [0.29, 0.717) is 44.5 Å². The summed E-state index contributed by atoms with van der Waals surface area (Å²) < 4.78 is 0. The summed E-state index contributed by atoms with van der Waals surface area (Å²) in [5.41, 5.74) is 1.22. The zero-order chi connectivity index (χ0) is 40.7. The number of hydrogen-bond acceptors (Lipinski definition) is 6. The summed E-state index contributed by atoms with van der Waals surface area (Å²) in [7, 11) is 3.47. The lowest BCUT2D eigenvalue weighted by Crippen LogP contribution is -2.61. The third-order valence-electron chi connectivity index (χ3n) is 11.4. The number of rotatable bonds is 14. The smallest absolute Gasteiger partial charge is 0.249 e. The predicted molar refractivity (Wildman–Crippen MR) is 217 cm³/mol. The Morgan fingerprint density at radius 2 is 1.40 bits per heavy atom. The summed E-state index contributed by atoms with van der Waals surface area (Å²) in [6.45, 7) is 16.8. The van der Waals surface area contributed by atoms with Gasteiger partial charge in [-0.2, -0.15) is 0 Å². The topological polar surface area (TPSA) is 131 Å². The van der Waals surface area contributed by atoms with Gasteiger partial charge in [0, 0.05) is 37.7 Å². The predicted octanol–water partition coefficient (Wildman–Crippen LogP) is 4.81. The highest BCUT2D eigenvalue weighted by Gasteiger charge is 2.44. The quantitative estimate of drug-likeness (QED) is 0.238. The fraction of sp³-hybridized carbons (Fsp3) is 0.568. The molecule has 300 valence electrons. The van der Waals surface area contributed by atoms with Crippen LogP contribution in [-0.4, -0.2) is 102 Å². The Labute approximate surface area is 328 Å². The number of likely N-dealkylation sites (N-methyl/N-ethyl adjacent to an activating group) is 2. The van der Waals surface area contributed by atoms with Crippen molar-refractivity contribution in [3.05, 3.63) is 83.4 Å². The summed E-state index contributed by atoms with van der Waals surface area (Å²) in [6, 6.07) is 16.3. The minimum atomic E-state index is -0.850. The number of amides is 5. The molecule has 11 nitrogen and oxygen atoms in total. The fourth-order valence-electron chi connectivity index (χ4n) is 8.05. The van der Waals surface area contributed by atoms with Crippen molar-refractivity contribution >= 4 is 29.5 Å². The molecule has 0 aromatic heterocycles. The average molecular weight is 757 g/mol. The SMILES string of the molecule is CN[C@H](C(=O)N[C@H](C(=O)N(C)[C@H](/C=C(\C)C(=O)N1CCC[C@H]1C(=O)N1CCC[C@H]1C(=O)NCc1ccccc1)C(C)C)C(C)(C)C)C(C)(C)c1ccccc1. The first-order valence-corrected chi connectivity index (χ1v) is 19.8. The van der Waals surface area contributed by atoms with Crippen molar-refractivity contribution in [2.24, 2.45) is 11.3 Å². The molecule has 2 heterocycles. The first-order chi connectivity index (χ1) is 25.9. The maximum Gasteiger partial charge on any atom is 0.249 e. The van der Waals surface area contributed by atoms with Crippen LogP contribution in [0.5, 0.6) is 0 Å². The van der Waals surface area contributed by atoms with Crippen LogP contribution in [0.15, 0.2) is 72.3 Å². The number of hydrogen-bond donors (Lipinski definition) is 3. The van der Waals surface area contributed by atoms with Crippen LogP contribution in [0.1, 0.15) is 92.2 Å². The van der Waals surface area contributed by atoms with Crippen LogP contribution in [-0.2, 0) is 35.9 Å². The number of nitrogens with zero attached hydrogens (tertiary/aromatic N) is 3. The van der Waals surface area contributed by atoms with Gasteiger partial charge in [0.25, 0.3) is 0 Å². The highest BCUT2D eigenvalue weighted by Crippen LogP contribution is 2.30. The monoisotopic (exact) mass is 756 g/mol. The standard InChI is InChI=1S/C44H64N6O5/c1-29(2)35(48(10)42(55)37(43(4,5)6)47-39(52)36(45-9)44(7,8)32-21-15-12-16-22-32)27-30(3)40(53)50-26-18-24-34(50)41(54)49-25-17-23-33(49)38(51)46-28-31-19-13-11-14-20-31/h11-16,19-22,27,29,33-37,45H,17-18,23-26,28H2,1-10H3,(H,46,51)(H,47,52)/b30-27+/t33-,34-,35+,36+,37+/m0/s1. The van der Waals surface area contributed by atoms with Gasteiger partial charge in [0.15, 0.2) is 0 Å². The normalized spacial score (nSPS) is 19.5. The summed E-state index contributed by atoms with van der Waals surface area (Å²) in [5, 5.41) is 9.27. The molecule has 0 spiro atoms. The first-order valence-electron chi connectivity index (χ1n) is 19.8. The van der Waals surface area contributed by atoms with Gasteiger partial charge in [-0.1, -0.05) is 115 Å². The van der Waals surface area contributed by atoms with Gasteiger partial charge in [0.2, 0.25) is 29.5 Å². The molecule has 0 radical (unpaired) electrons. The molecule has 2 fully saturated rings. The number of likely N-dealkylation sites (tertiary alicyclic amines) is 2. The van der Waals surface area contributed by atoms with Crippen LogP contribution in [0.2, 0.25) is 0 Å². The lowest BCUT2D eigenvalue weighted by atomic mass is 9.76. The zero-order valence-electron chi connectivity index (χ0n) is 34.6. The van der Waals surface area contributed by atoms with Gasteiger partial charge in [0.1, 0.15) is 18.1 Å². The van der Waals surface area contributed by atoms with Gasteiger partial charge in [-0.3, -0.25) is 24.0 Å². The Hall–Kier alpha value is -4.51. The van der Waals surface area contributed by atoms with Crippen LogP contribution in [0, 0.1) is 11.3 Å². The third-order valence-corrected chi connectivity index (χ3v) is 11.4. The molecule has 2 aliphatic heterocycles. The van der Waals surface area contributed by atoms with E-state index in [-0.39, 0.29) is 35.5 Å². The van der Waals surface area contributed by atoms with Gasteiger partial charge >= 0.3 is 0 Å². The van der Waals surface area contributed by atoms with E-state index in [4.69, 9.17) is 0 Å². The second kappa shape index (κ2) is 18.4. The molecular weight excluding hydrogens is 693 g/mol. The second-order valence-electron chi connectivity index (χ2n) is 17.2. The van der Waals surface area contributed by atoms with E-state index in [9.17, 15) is 24.0 Å². The second-order valence-corrected chi connectivity index (χ2v) is 17.2. The molecular formula is C44H64N6O5.